The van der Waals surface area contributed by atoms with Crippen LogP contribution < -0.4 is 0 Å². The SMILES string of the molecule is CC.CC(C)(C)OC(=O)N1CCCC1.CCCCCCC.CCCCCCCCOC(=O)CC(CC(=O)O)CC(=O)OCC.CCCCCCCCOC(=O)CC(CC)CC(=O)OCCCCCCCC.O=CC1CC1. The van der Waals surface area contributed by atoms with E-state index < -0.39 is 23.8 Å². The van der Waals surface area contributed by atoms with Crippen molar-refractivity contribution in [2.75, 3.05) is 39.5 Å². The third-order valence-corrected chi connectivity index (χ3v) is 12.2. The Morgan fingerprint density at radius 2 is 0.803 bits per heavy atom. The number of nitrogens with zero attached hydrogens (tertiary/aromatic N) is 1. The van der Waals surface area contributed by atoms with Gasteiger partial charge in [-0.05, 0) is 84.5 Å². The molecule has 2 rings (SSSR count). The molecule has 14 nitrogen and oxygen atoms in total. The summed E-state index contributed by atoms with van der Waals surface area (Å²) in [6, 6.07) is 0. The van der Waals surface area contributed by atoms with E-state index in [1.807, 2.05) is 41.5 Å². The first kappa shape index (κ1) is 78.8. The summed E-state index contributed by atoms with van der Waals surface area (Å²) in [6.07, 6.45) is 34.1. The summed E-state index contributed by atoms with van der Waals surface area (Å²) >= 11 is 0. The zero-order valence-corrected chi connectivity index (χ0v) is 51.2. The molecule has 0 radical (unpaired) electrons. The molecule has 1 saturated carbocycles. The average Bonchev–Trinajstić information content (AvgIpc) is 4.06. The highest BCUT2D eigenvalue weighted by Gasteiger charge is 2.25. The Labute approximate surface area is 465 Å². The van der Waals surface area contributed by atoms with Crippen molar-refractivity contribution in [3.63, 3.8) is 0 Å². The molecule has 0 bridgehead atoms. The summed E-state index contributed by atoms with van der Waals surface area (Å²) in [5, 5.41) is 8.85. The Balaban J connectivity index is -0.000000469. The molecule has 1 amide bonds. The van der Waals surface area contributed by atoms with Gasteiger partial charge in [-0.25, -0.2) is 4.79 Å². The number of rotatable bonds is 38. The number of carboxylic acid groups (broad SMARTS) is 1. The zero-order chi connectivity index (χ0) is 58.1. The van der Waals surface area contributed by atoms with Gasteiger partial charge in [-0.1, -0.05) is 190 Å². The fourth-order valence-corrected chi connectivity index (χ4v) is 7.50. The highest BCUT2D eigenvalue weighted by atomic mass is 16.6. The molecule has 1 unspecified atom stereocenters. The summed E-state index contributed by atoms with van der Waals surface area (Å²) in [5.41, 5.74) is -0.361. The normalized spacial score (nSPS) is 12.7. The molecule has 1 aliphatic carbocycles. The van der Waals surface area contributed by atoms with Crippen molar-refractivity contribution in [3.05, 3.63) is 0 Å². The summed E-state index contributed by atoms with van der Waals surface area (Å²) < 4.78 is 25.8. The zero-order valence-electron chi connectivity index (χ0n) is 51.2. The maximum atomic E-state index is 11.9. The van der Waals surface area contributed by atoms with Crippen molar-refractivity contribution in [1.82, 2.24) is 4.90 Å². The van der Waals surface area contributed by atoms with Gasteiger partial charge in [-0.2, -0.15) is 0 Å². The number of likely N-dealkylation sites (tertiary alicyclic amines) is 1. The van der Waals surface area contributed by atoms with Crippen LogP contribution in [0.1, 0.15) is 295 Å². The van der Waals surface area contributed by atoms with Crippen molar-refractivity contribution in [2.24, 2.45) is 17.8 Å². The van der Waals surface area contributed by atoms with Crippen LogP contribution >= 0.6 is 0 Å². The van der Waals surface area contributed by atoms with Gasteiger partial charge in [0, 0.05) is 51.1 Å². The maximum absolute atomic E-state index is 11.9. The second kappa shape index (κ2) is 59.0. The average molecular weight is 1090 g/mol. The second-order valence-corrected chi connectivity index (χ2v) is 21.0. The number of hydrogen-bond acceptors (Lipinski definition) is 12. The van der Waals surface area contributed by atoms with Gasteiger partial charge in [-0.15, -0.1) is 0 Å². The maximum Gasteiger partial charge on any atom is 0.410 e. The van der Waals surface area contributed by atoms with E-state index in [1.165, 1.54) is 103 Å². The van der Waals surface area contributed by atoms with E-state index in [4.69, 9.17) is 28.8 Å². The van der Waals surface area contributed by atoms with Crippen molar-refractivity contribution in [1.29, 1.82) is 0 Å². The summed E-state index contributed by atoms with van der Waals surface area (Å²) in [4.78, 5) is 80.6. The molecule has 14 heteroatoms. The van der Waals surface area contributed by atoms with E-state index in [0.29, 0.717) is 38.6 Å². The molecule has 1 N–H and O–H groups in total. The fraction of sp³-hybridized carbons (Fsp3) is 0.887. The van der Waals surface area contributed by atoms with Crippen molar-refractivity contribution in [3.8, 4) is 0 Å². The summed E-state index contributed by atoms with van der Waals surface area (Å²) in [7, 11) is 0. The van der Waals surface area contributed by atoms with Gasteiger partial charge in [0.1, 0.15) is 11.9 Å². The lowest BCUT2D eigenvalue weighted by atomic mass is 9.98. The standard InChI is InChI=1S/C23H44O4.C17H30O6.C9H17NO2.C7H16.C4H6O.C2H6/c1-4-7-9-11-13-15-17-26-22(24)19-21(6-3)20-23(25)27-18-16-14-12-10-8-5-2;1-3-5-6-7-8-9-10-23-17(21)13-14(11-15(18)19)12-16(20)22-4-2;1-9(2,3)12-8(11)10-6-4-5-7-10;1-3-5-7-6-4-2;5-3-4-1-2-4;1-2/h21H,4-20H2,1-3H3;14H,3-13H2,1-2H3,(H,18,19);4-7H2,1-3H3;3-7H2,1-2H3;3-4H,1-2H2;1-2H3. The van der Waals surface area contributed by atoms with Crippen molar-refractivity contribution in [2.45, 2.75) is 301 Å². The number of aldehydes is 1. The number of carbonyl (C=O) groups excluding carboxylic acids is 6. The van der Waals surface area contributed by atoms with Crippen LogP contribution in [0.2, 0.25) is 0 Å². The molecule has 0 aromatic heterocycles. The summed E-state index contributed by atoms with van der Waals surface area (Å²) in [5.74, 6) is -2.43. The first-order valence-corrected chi connectivity index (χ1v) is 30.7. The van der Waals surface area contributed by atoms with Crippen LogP contribution in [0.4, 0.5) is 4.79 Å². The predicted molar refractivity (Wildman–Crippen MR) is 309 cm³/mol. The van der Waals surface area contributed by atoms with Gasteiger partial charge >= 0.3 is 35.9 Å². The van der Waals surface area contributed by atoms with Gasteiger partial charge in [0.25, 0.3) is 0 Å². The molecule has 450 valence electrons. The van der Waals surface area contributed by atoms with E-state index in [-0.39, 0.29) is 55.4 Å². The van der Waals surface area contributed by atoms with Crippen LogP contribution in [-0.4, -0.2) is 97.4 Å². The molecule has 1 heterocycles. The van der Waals surface area contributed by atoms with Gasteiger partial charge in [0.05, 0.1) is 26.4 Å². The third kappa shape index (κ3) is 62.8. The van der Waals surface area contributed by atoms with Crippen LogP contribution in [0.5, 0.6) is 0 Å². The molecule has 2 fully saturated rings. The molecule has 0 aromatic rings. The highest BCUT2D eigenvalue weighted by Crippen LogP contribution is 2.25. The largest absolute Gasteiger partial charge is 0.481 e. The van der Waals surface area contributed by atoms with Crippen LogP contribution in [0.25, 0.3) is 0 Å². The van der Waals surface area contributed by atoms with Gasteiger partial charge in [0.15, 0.2) is 0 Å². The lowest BCUT2D eigenvalue weighted by Crippen LogP contribution is -2.34. The first-order valence-electron chi connectivity index (χ1n) is 30.7. The minimum atomic E-state index is -1.04. The minimum absolute atomic E-state index is 0.0270. The smallest absolute Gasteiger partial charge is 0.410 e. The van der Waals surface area contributed by atoms with E-state index >= 15 is 0 Å². The molecule has 0 aromatic carbocycles. The first-order chi connectivity index (χ1) is 36.5. The fourth-order valence-electron chi connectivity index (χ4n) is 7.50. The van der Waals surface area contributed by atoms with E-state index in [0.717, 1.165) is 96.4 Å². The molecule has 1 atom stereocenters. The Morgan fingerprint density at radius 1 is 0.487 bits per heavy atom. The Morgan fingerprint density at radius 3 is 1.08 bits per heavy atom. The van der Waals surface area contributed by atoms with Gasteiger partial charge in [-0.3, -0.25) is 24.0 Å². The molecule has 0 spiro atoms. The van der Waals surface area contributed by atoms with Crippen LogP contribution in [-0.2, 0) is 52.5 Å². The number of ether oxygens (including phenoxy) is 5. The number of carboxylic acids is 1. The predicted octanol–water partition coefficient (Wildman–Crippen LogP) is 16.5. The van der Waals surface area contributed by atoms with E-state index in [2.05, 4.69) is 34.6 Å². The number of unbranched alkanes of at least 4 members (excludes halogenated alkanes) is 19. The second-order valence-electron chi connectivity index (χ2n) is 21.0. The highest BCUT2D eigenvalue weighted by molar-refractivity contribution is 5.76. The molecule has 2 aliphatic rings. The Hall–Kier alpha value is -3.71. The van der Waals surface area contributed by atoms with E-state index in [9.17, 15) is 33.6 Å². The number of aliphatic carboxylic acids is 1. The Bertz CT molecular complexity index is 1320. The molecule has 1 saturated heterocycles. The topological polar surface area (TPSA) is 189 Å². The van der Waals surface area contributed by atoms with Crippen LogP contribution in [0.15, 0.2) is 0 Å². The van der Waals surface area contributed by atoms with Crippen molar-refractivity contribution >= 4 is 42.2 Å². The molecular weight excluding hydrogens is 967 g/mol. The monoisotopic (exact) mass is 1090 g/mol. The Kier molecular flexibility index (Phi) is 61.1. The van der Waals surface area contributed by atoms with E-state index in [1.54, 1.807) is 11.8 Å². The lowest BCUT2D eigenvalue weighted by molar-refractivity contribution is -0.150. The van der Waals surface area contributed by atoms with Crippen LogP contribution in [0, 0.1) is 17.8 Å². The van der Waals surface area contributed by atoms with Gasteiger partial charge in [0.2, 0.25) is 0 Å². The number of hydrogen-bond donors (Lipinski definition) is 1. The lowest BCUT2D eigenvalue weighted by Gasteiger charge is -2.23. The minimum Gasteiger partial charge on any atom is -0.481 e. The summed E-state index contributed by atoms with van der Waals surface area (Å²) in [6.45, 7) is 27.7. The number of carbonyl (C=O) groups is 7. The molecule has 76 heavy (non-hydrogen) atoms. The molecule has 1 aliphatic heterocycles. The van der Waals surface area contributed by atoms with Crippen LogP contribution in [0.3, 0.4) is 0 Å². The third-order valence-electron chi connectivity index (χ3n) is 12.2. The van der Waals surface area contributed by atoms with Crippen molar-refractivity contribution < 1.29 is 62.4 Å². The molecular formula is C62H119NO13. The number of amides is 1. The number of esters is 4. The quantitative estimate of drug-likeness (QED) is 0.0266. The van der Waals surface area contributed by atoms with Gasteiger partial charge < -0.3 is 38.5 Å².